The number of likely N-dealkylation sites (tertiary alicyclic amines) is 1. The standard InChI is InChI=1S/C27H25Cl2FN4O2/c28-20-9-10-21(30)26(29)19(20)16-34-13-3-4-22-24(34)15-23(32-31-22)25(35)14-17-5-7-18(8-6-17)27(36)33-11-1-2-12-33/h5-10,15H,1-4,11-14,16H2. The van der Waals surface area contributed by atoms with Gasteiger partial charge in [0.15, 0.2) is 5.78 Å². The summed E-state index contributed by atoms with van der Waals surface area (Å²) in [5, 5.41) is 8.88. The van der Waals surface area contributed by atoms with Crippen LogP contribution in [0.4, 0.5) is 10.1 Å². The molecular weight excluding hydrogens is 502 g/mol. The monoisotopic (exact) mass is 526 g/mol. The predicted octanol–water partition coefficient (Wildman–Crippen LogP) is 5.54. The average Bonchev–Trinajstić information content (AvgIpc) is 3.44. The molecule has 0 aliphatic carbocycles. The van der Waals surface area contributed by atoms with Crippen molar-refractivity contribution in [2.45, 2.75) is 38.6 Å². The van der Waals surface area contributed by atoms with E-state index in [0.717, 1.165) is 55.7 Å². The van der Waals surface area contributed by atoms with Crippen LogP contribution in [-0.2, 0) is 19.4 Å². The number of hydrogen-bond acceptors (Lipinski definition) is 5. The van der Waals surface area contributed by atoms with Crippen LogP contribution in [0.2, 0.25) is 10.0 Å². The molecule has 0 bridgehead atoms. The maximum atomic E-state index is 14.0. The summed E-state index contributed by atoms with van der Waals surface area (Å²) in [5.74, 6) is -0.661. The maximum absolute atomic E-state index is 14.0. The van der Waals surface area contributed by atoms with Crippen LogP contribution in [0.15, 0.2) is 42.5 Å². The molecule has 0 N–H and O–H groups in total. The van der Waals surface area contributed by atoms with Crippen molar-refractivity contribution in [2.24, 2.45) is 0 Å². The smallest absolute Gasteiger partial charge is 0.253 e. The molecule has 2 aliphatic rings. The van der Waals surface area contributed by atoms with E-state index in [1.165, 1.54) is 12.1 Å². The first-order valence-electron chi connectivity index (χ1n) is 12.1. The highest BCUT2D eigenvalue weighted by Gasteiger charge is 2.24. The lowest BCUT2D eigenvalue weighted by Gasteiger charge is -2.31. The third-order valence-corrected chi connectivity index (χ3v) is 7.53. The van der Waals surface area contributed by atoms with E-state index in [4.69, 9.17) is 23.2 Å². The Morgan fingerprint density at radius 1 is 0.944 bits per heavy atom. The summed E-state index contributed by atoms with van der Waals surface area (Å²) >= 11 is 12.5. The second-order valence-electron chi connectivity index (χ2n) is 9.20. The summed E-state index contributed by atoms with van der Waals surface area (Å²) < 4.78 is 14.0. The number of aryl methyl sites for hydroxylation is 1. The Labute approximate surface area is 219 Å². The summed E-state index contributed by atoms with van der Waals surface area (Å²) in [7, 11) is 0. The molecule has 3 aromatic rings. The van der Waals surface area contributed by atoms with Crippen molar-refractivity contribution in [2.75, 3.05) is 24.5 Å². The molecule has 0 saturated carbocycles. The van der Waals surface area contributed by atoms with Gasteiger partial charge in [-0.25, -0.2) is 4.39 Å². The summed E-state index contributed by atoms with van der Waals surface area (Å²) in [5.41, 5.74) is 3.75. The number of benzene rings is 2. The largest absolute Gasteiger partial charge is 0.365 e. The number of hydrogen-bond donors (Lipinski definition) is 0. The number of Topliss-reactive ketones (excluding diaryl/α,β-unsaturated/α-hetero) is 1. The molecule has 1 fully saturated rings. The topological polar surface area (TPSA) is 66.4 Å². The molecule has 6 nitrogen and oxygen atoms in total. The molecule has 5 rings (SSSR count). The number of nitrogens with zero attached hydrogens (tertiary/aromatic N) is 4. The second kappa shape index (κ2) is 10.5. The summed E-state index contributed by atoms with van der Waals surface area (Å²) in [6, 6.07) is 11.7. The molecule has 0 radical (unpaired) electrons. The van der Waals surface area contributed by atoms with E-state index in [0.29, 0.717) is 29.2 Å². The SMILES string of the molecule is O=C(Cc1ccc(C(=O)N2CCCC2)cc1)c1cc2c(nn1)CCCN2Cc1c(Cl)ccc(F)c1Cl. The van der Waals surface area contributed by atoms with Crippen LogP contribution >= 0.6 is 23.2 Å². The Morgan fingerprint density at radius 2 is 1.69 bits per heavy atom. The van der Waals surface area contributed by atoms with Crippen molar-refractivity contribution in [3.63, 3.8) is 0 Å². The summed E-state index contributed by atoms with van der Waals surface area (Å²) in [4.78, 5) is 29.5. The van der Waals surface area contributed by atoms with Gasteiger partial charge in [0.25, 0.3) is 5.91 Å². The molecule has 3 heterocycles. The predicted molar refractivity (Wildman–Crippen MR) is 137 cm³/mol. The van der Waals surface area contributed by atoms with Gasteiger partial charge in [0.1, 0.15) is 11.5 Å². The van der Waals surface area contributed by atoms with Crippen molar-refractivity contribution in [1.82, 2.24) is 15.1 Å². The Bertz CT molecular complexity index is 1310. The number of halogens is 3. The van der Waals surface area contributed by atoms with Crippen molar-refractivity contribution in [3.05, 3.63) is 86.4 Å². The van der Waals surface area contributed by atoms with Crippen LogP contribution in [0, 0.1) is 5.82 Å². The van der Waals surface area contributed by atoms with E-state index >= 15 is 0 Å². The number of anilines is 1. The molecule has 0 unspecified atom stereocenters. The van der Waals surface area contributed by atoms with Gasteiger partial charge in [0.05, 0.1) is 16.4 Å². The minimum absolute atomic E-state index is 0.000372. The molecule has 2 aromatic carbocycles. The lowest BCUT2D eigenvalue weighted by atomic mass is 10.0. The molecule has 1 amide bonds. The van der Waals surface area contributed by atoms with Gasteiger partial charge in [-0.1, -0.05) is 35.3 Å². The Balaban J connectivity index is 1.32. The van der Waals surface area contributed by atoms with E-state index < -0.39 is 5.82 Å². The molecule has 2 aliphatic heterocycles. The first kappa shape index (κ1) is 24.7. The summed E-state index contributed by atoms with van der Waals surface area (Å²) in [6.45, 7) is 2.59. The van der Waals surface area contributed by atoms with Crippen LogP contribution in [0.25, 0.3) is 0 Å². The van der Waals surface area contributed by atoms with Crippen molar-refractivity contribution >= 4 is 40.6 Å². The van der Waals surface area contributed by atoms with Crippen LogP contribution < -0.4 is 4.90 Å². The third kappa shape index (κ3) is 5.08. The Hall–Kier alpha value is -3.03. The number of aromatic nitrogens is 2. The molecule has 186 valence electrons. The van der Waals surface area contributed by atoms with E-state index in [2.05, 4.69) is 10.2 Å². The molecule has 0 atom stereocenters. The maximum Gasteiger partial charge on any atom is 0.253 e. The fraction of sp³-hybridized carbons (Fsp3) is 0.333. The van der Waals surface area contributed by atoms with E-state index in [1.807, 2.05) is 21.9 Å². The van der Waals surface area contributed by atoms with Crippen LogP contribution in [0.1, 0.15) is 56.9 Å². The van der Waals surface area contributed by atoms with Crippen molar-refractivity contribution < 1.29 is 14.0 Å². The van der Waals surface area contributed by atoms with E-state index in [9.17, 15) is 14.0 Å². The molecule has 36 heavy (non-hydrogen) atoms. The Kier molecular flexibility index (Phi) is 7.21. The molecular formula is C27H25Cl2FN4O2. The lowest BCUT2D eigenvalue weighted by molar-refractivity contribution is 0.0792. The third-order valence-electron chi connectivity index (χ3n) is 6.76. The molecule has 9 heteroatoms. The zero-order valence-electron chi connectivity index (χ0n) is 19.6. The molecule has 0 spiro atoms. The van der Waals surface area contributed by atoms with Gasteiger partial charge in [-0.3, -0.25) is 9.59 Å². The number of rotatable bonds is 6. The first-order valence-corrected chi connectivity index (χ1v) is 12.8. The number of carbonyl (C=O) groups is 2. The minimum atomic E-state index is -0.523. The Morgan fingerprint density at radius 3 is 2.44 bits per heavy atom. The van der Waals surface area contributed by atoms with Crippen molar-refractivity contribution in [1.29, 1.82) is 0 Å². The van der Waals surface area contributed by atoms with Gasteiger partial charge < -0.3 is 9.80 Å². The number of fused-ring (bicyclic) bond motifs is 1. The highest BCUT2D eigenvalue weighted by Crippen LogP contribution is 2.33. The van der Waals surface area contributed by atoms with Crippen LogP contribution in [0.3, 0.4) is 0 Å². The molecule has 1 aromatic heterocycles. The van der Waals surface area contributed by atoms with Gasteiger partial charge in [0, 0.05) is 48.7 Å². The average molecular weight is 527 g/mol. The fourth-order valence-electron chi connectivity index (χ4n) is 4.77. The van der Waals surface area contributed by atoms with E-state index in [1.54, 1.807) is 18.2 Å². The highest BCUT2D eigenvalue weighted by atomic mass is 35.5. The normalized spacial score (nSPS) is 15.2. The summed E-state index contributed by atoms with van der Waals surface area (Å²) in [6.07, 6.45) is 3.82. The second-order valence-corrected chi connectivity index (χ2v) is 9.99. The zero-order valence-corrected chi connectivity index (χ0v) is 21.2. The first-order chi connectivity index (χ1) is 17.4. The van der Waals surface area contributed by atoms with Gasteiger partial charge in [-0.2, -0.15) is 5.10 Å². The highest BCUT2D eigenvalue weighted by molar-refractivity contribution is 6.36. The minimum Gasteiger partial charge on any atom is -0.365 e. The number of carbonyl (C=O) groups excluding carboxylic acids is 2. The van der Waals surface area contributed by atoms with Crippen LogP contribution in [0.5, 0.6) is 0 Å². The fourth-order valence-corrected chi connectivity index (χ4v) is 5.26. The number of amides is 1. The van der Waals surface area contributed by atoms with Gasteiger partial charge in [-0.15, -0.1) is 5.10 Å². The van der Waals surface area contributed by atoms with E-state index in [-0.39, 0.29) is 28.8 Å². The quantitative estimate of drug-likeness (QED) is 0.311. The van der Waals surface area contributed by atoms with Gasteiger partial charge >= 0.3 is 0 Å². The van der Waals surface area contributed by atoms with Gasteiger partial charge in [-0.05, 0) is 61.6 Å². The zero-order chi connectivity index (χ0) is 25.2. The number of ketones is 1. The van der Waals surface area contributed by atoms with Crippen LogP contribution in [-0.4, -0.2) is 46.4 Å². The lowest BCUT2D eigenvalue weighted by Crippen LogP contribution is -2.30. The molecule has 1 saturated heterocycles. The van der Waals surface area contributed by atoms with Gasteiger partial charge in [0.2, 0.25) is 0 Å². The van der Waals surface area contributed by atoms with Crippen molar-refractivity contribution in [3.8, 4) is 0 Å².